The lowest BCUT2D eigenvalue weighted by atomic mass is 9.51. The number of ether oxygens (including phenoxy) is 2. The lowest BCUT2D eigenvalue weighted by molar-refractivity contribution is -0.148. The van der Waals surface area contributed by atoms with E-state index in [1.165, 1.54) is 0 Å². The van der Waals surface area contributed by atoms with Crippen molar-refractivity contribution in [3.63, 3.8) is 0 Å². The summed E-state index contributed by atoms with van der Waals surface area (Å²) in [6, 6.07) is 18.4. The van der Waals surface area contributed by atoms with E-state index in [4.69, 9.17) is 9.47 Å². The zero-order chi connectivity index (χ0) is 19.3. The Hall–Kier alpha value is -2.92. The van der Waals surface area contributed by atoms with E-state index in [2.05, 4.69) is 0 Å². The highest BCUT2D eigenvalue weighted by atomic mass is 16.6. The number of benzene rings is 2. The average Bonchev–Trinajstić information content (AvgIpc) is 3.05. The molecule has 2 fully saturated rings. The van der Waals surface area contributed by atoms with E-state index in [0.717, 1.165) is 5.56 Å². The number of carbonyl (C=O) groups excluding carboxylic acids is 2. The molecule has 5 heteroatoms. The molecule has 6 atom stereocenters. The molecule has 3 aliphatic carbocycles. The van der Waals surface area contributed by atoms with Crippen molar-refractivity contribution in [2.75, 3.05) is 6.61 Å². The summed E-state index contributed by atoms with van der Waals surface area (Å²) in [5.41, 5.74) is 0.490. The van der Waals surface area contributed by atoms with Crippen LogP contribution in [0.3, 0.4) is 0 Å². The SMILES string of the molecule is O=C(OCC12C=CC3C(OC(=O)C3C1c1ccccc1)C2O)c1ccccc1. The van der Waals surface area contributed by atoms with Gasteiger partial charge in [0.05, 0.1) is 16.9 Å². The molecule has 1 aliphatic heterocycles. The zero-order valence-corrected chi connectivity index (χ0v) is 15.1. The summed E-state index contributed by atoms with van der Waals surface area (Å²) in [7, 11) is 0. The van der Waals surface area contributed by atoms with Gasteiger partial charge in [0.2, 0.25) is 0 Å². The van der Waals surface area contributed by atoms with E-state index in [-0.39, 0.29) is 30.3 Å². The molecule has 4 bridgehead atoms. The molecule has 1 heterocycles. The fraction of sp³-hybridized carbons (Fsp3) is 0.304. The molecule has 6 unspecified atom stereocenters. The highest BCUT2D eigenvalue weighted by Crippen LogP contribution is 2.61. The van der Waals surface area contributed by atoms with Crippen LogP contribution in [-0.4, -0.2) is 35.9 Å². The smallest absolute Gasteiger partial charge is 0.338 e. The van der Waals surface area contributed by atoms with Gasteiger partial charge in [-0.1, -0.05) is 60.7 Å². The molecule has 28 heavy (non-hydrogen) atoms. The largest absolute Gasteiger partial charge is 0.461 e. The van der Waals surface area contributed by atoms with Crippen molar-refractivity contribution in [2.24, 2.45) is 17.3 Å². The molecular weight excluding hydrogens is 356 g/mol. The van der Waals surface area contributed by atoms with Crippen LogP contribution >= 0.6 is 0 Å². The van der Waals surface area contributed by atoms with Crippen molar-refractivity contribution in [2.45, 2.75) is 18.1 Å². The molecule has 0 radical (unpaired) electrons. The van der Waals surface area contributed by atoms with Gasteiger partial charge in [-0.15, -0.1) is 0 Å². The number of esters is 2. The fourth-order valence-electron chi connectivity index (χ4n) is 5.08. The maximum atomic E-state index is 12.6. The van der Waals surface area contributed by atoms with Crippen LogP contribution in [0.4, 0.5) is 0 Å². The minimum Gasteiger partial charge on any atom is -0.461 e. The van der Waals surface area contributed by atoms with Crippen LogP contribution in [0.1, 0.15) is 21.8 Å². The van der Waals surface area contributed by atoms with Gasteiger partial charge in [0.25, 0.3) is 0 Å². The quantitative estimate of drug-likeness (QED) is 0.656. The van der Waals surface area contributed by atoms with E-state index in [1.807, 2.05) is 48.6 Å². The third-order valence-corrected chi connectivity index (χ3v) is 6.37. The summed E-state index contributed by atoms with van der Waals surface area (Å²) in [5.74, 6) is -1.58. The predicted octanol–water partition coefficient (Wildman–Crippen LogP) is 2.72. The molecule has 4 aliphatic rings. The number of hydrogen-bond donors (Lipinski definition) is 1. The molecule has 142 valence electrons. The molecule has 5 nitrogen and oxygen atoms in total. The van der Waals surface area contributed by atoms with Crippen molar-refractivity contribution in [3.05, 3.63) is 83.9 Å². The van der Waals surface area contributed by atoms with Crippen LogP contribution in [0.25, 0.3) is 0 Å². The van der Waals surface area contributed by atoms with Crippen LogP contribution in [0, 0.1) is 17.3 Å². The first-order valence-corrected chi connectivity index (χ1v) is 9.47. The Morgan fingerprint density at radius 3 is 2.46 bits per heavy atom. The van der Waals surface area contributed by atoms with E-state index in [9.17, 15) is 14.7 Å². The first-order valence-electron chi connectivity index (χ1n) is 9.47. The van der Waals surface area contributed by atoms with Gasteiger partial charge >= 0.3 is 11.9 Å². The van der Waals surface area contributed by atoms with Crippen molar-refractivity contribution >= 4 is 11.9 Å². The van der Waals surface area contributed by atoms with Gasteiger partial charge < -0.3 is 14.6 Å². The molecule has 1 N–H and O–H groups in total. The van der Waals surface area contributed by atoms with Crippen LogP contribution in [0.15, 0.2) is 72.8 Å². The van der Waals surface area contributed by atoms with Crippen LogP contribution in [0.2, 0.25) is 0 Å². The minimum atomic E-state index is -0.932. The summed E-state index contributed by atoms with van der Waals surface area (Å²) in [6.45, 7) is -0.0195. The molecule has 0 amide bonds. The van der Waals surface area contributed by atoms with Crippen LogP contribution < -0.4 is 0 Å². The Morgan fingerprint density at radius 2 is 1.75 bits per heavy atom. The standard InChI is InChI=1S/C23H20O5/c24-20-19-16-11-12-23(20,13-27-21(25)15-9-5-2-6-10-15)18(17(16)22(26)28-19)14-7-3-1-4-8-14/h1-12,16-20,24H,13H2. The van der Waals surface area contributed by atoms with E-state index in [0.29, 0.717) is 5.56 Å². The highest BCUT2D eigenvalue weighted by Gasteiger charge is 2.68. The zero-order valence-electron chi connectivity index (χ0n) is 15.1. The van der Waals surface area contributed by atoms with E-state index in [1.54, 1.807) is 24.3 Å². The molecule has 0 spiro atoms. The van der Waals surface area contributed by atoms with Gasteiger partial charge in [-0.25, -0.2) is 4.79 Å². The summed E-state index contributed by atoms with van der Waals surface area (Å²) < 4.78 is 11.2. The lowest BCUT2D eigenvalue weighted by Gasteiger charge is -2.52. The molecule has 2 aromatic rings. The number of aliphatic hydroxyl groups is 1. The van der Waals surface area contributed by atoms with Crippen molar-refractivity contribution < 1.29 is 24.2 Å². The van der Waals surface area contributed by atoms with Crippen molar-refractivity contribution in [1.29, 1.82) is 0 Å². The fourth-order valence-corrected chi connectivity index (χ4v) is 5.08. The highest BCUT2D eigenvalue weighted by molar-refractivity contribution is 5.89. The van der Waals surface area contributed by atoms with E-state index < -0.39 is 23.6 Å². The number of carbonyl (C=O) groups is 2. The topological polar surface area (TPSA) is 72.8 Å². The second-order valence-electron chi connectivity index (χ2n) is 7.75. The maximum Gasteiger partial charge on any atom is 0.338 e. The van der Waals surface area contributed by atoms with Gasteiger partial charge in [0.15, 0.2) is 0 Å². The molecule has 1 saturated heterocycles. The molecule has 1 saturated carbocycles. The van der Waals surface area contributed by atoms with Gasteiger partial charge in [-0.3, -0.25) is 4.79 Å². The Kier molecular flexibility index (Phi) is 3.88. The van der Waals surface area contributed by atoms with Gasteiger partial charge in [-0.05, 0) is 17.7 Å². The molecular formula is C23H20O5. The monoisotopic (exact) mass is 376 g/mol. The Morgan fingerprint density at radius 1 is 1.07 bits per heavy atom. The minimum absolute atomic E-state index is 0.0195. The Labute approximate surface area is 162 Å². The summed E-state index contributed by atoms with van der Waals surface area (Å²) in [5, 5.41) is 11.1. The van der Waals surface area contributed by atoms with Gasteiger partial charge in [0.1, 0.15) is 18.8 Å². The van der Waals surface area contributed by atoms with Crippen LogP contribution in [0.5, 0.6) is 0 Å². The van der Waals surface area contributed by atoms with Crippen molar-refractivity contribution in [3.8, 4) is 0 Å². The third kappa shape index (κ3) is 2.36. The van der Waals surface area contributed by atoms with Gasteiger partial charge in [0, 0.05) is 11.8 Å². The number of rotatable bonds is 4. The first-order chi connectivity index (χ1) is 13.6. The Balaban J connectivity index is 1.53. The normalized spacial score (nSPS) is 34.9. The summed E-state index contributed by atoms with van der Waals surface area (Å²) in [4.78, 5) is 25.1. The maximum absolute atomic E-state index is 12.6. The van der Waals surface area contributed by atoms with Crippen molar-refractivity contribution in [1.82, 2.24) is 0 Å². The lowest BCUT2D eigenvalue weighted by Crippen LogP contribution is -2.59. The van der Waals surface area contributed by atoms with Gasteiger partial charge in [-0.2, -0.15) is 0 Å². The number of aliphatic hydroxyl groups excluding tert-OH is 1. The predicted molar refractivity (Wildman–Crippen MR) is 100 cm³/mol. The molecule has 6 rings (SSSR count). The number of hydrogen-bond acceptors (Lipinski definition) is 5. The van der Waals surface area contributed by atoms with Crippen LogP contribution in [-0.2, 0) is 14.3 Å². The Bertz CT molecular complexity index is 938. The average molecular weight is 376 g/mol. The second kappa shape index (κ2) is 6.31. The molecule has 2 aromatic carbocycles. The molecule has 0 aromatic heterocycles. The first kappa shape index (κ1) is 17.2. The third-order valence-electron chi connectivity index (χ3n) is 6.37. The second-order valence-corrected chi connectivity index (χ2v) is 7.75. The summed E-state index contributed by atoms with van der Waals surface area (Å²) in [6.07, 6.45) is 2.35. The van der Waals surface area contributed by atoms with E-state index >= 15 is 0 Å². The summed E-state index contributed by atoms with van der Waals surface area (Å²) >= 11 is 0.